The van der Waals surface area contributed by atoms with Crippen LogP contribution in [0.2, 0.25) is 5.31 Å². The van der Waals surface area contributed by atoms with E-state index in [-0.39, 0.29) is 13.6 Å². The predicted molar refractivity (Wildman–Crippen MR) is 64.5 cm³/mol. The largest absolute Gasteiger partial charge is 0.556 e. The Labute approximate surface area is 102 Å². The van der Waals surface area contributed by atoms with Crippen molar-refractivity contribution in [2.45, 2.75) is 56.4 Å². The summed E-state index contributed by atoms with van der Waals surface area (Å²) in [6.45, 7) is 4.18. The molecule has 1 heterocycles. The molecule has 2 fully saturated rings. The molecule has 0 amide bonds. The van der Waals surface area contributed by atoms with Gasteiger partial charge in [-0.25, -0.2) is 0 Å². The van der Waals surface area contributed by atoms with Gasteiger partial charge in [0.25, 0.3) is 0 Å². The van der Waals surface area contributed by atoms with E-state index < -0.39 is 17.2 Å². The minimum atomic E-state index is -0.601. The standard InChI is InChI=1S/C11H20BNO4/c1-10(2)15-6-11(12-16-7-13)8(14)4-3-5-9(11)17-10/h7-9,12-14H,3-6H2,1-2H3/t8?,9?,11-/m1/s1. The maximum atomic E-state index is 10.2. The van der Waals surface area contributed by atoms with Crippen LogP contribution in [0.15, 0.2) is 0 Å². The molecule has 1 aliphatic carbocycles. The number of aliphatic hydroxyl groups is 1. The highest BCUT2D eigenvalue weighted by molar-refractivity contribution is 6.35. The van der Waals surface area contributed by atoms with E-state index in [1.165, 1.54) is 0 Å². The molecule has 1 saturated heterocycles. The first kappa shape index (κ1) is 12.9. The van der Waals surface area contributed by atoms with Crippen molar-refractivity contribution >= 4 is 13.9 Å². The zero-order chi connectivity index (χ0) is 12.5. The molecule has 6 heteroatoms. The molecular weight excluding hydrogens is 221 g/mol. The van der Waals surface area contributed by atoms with Gasteiger partial charge >= 0.3 is 7.48 Å². The minimum Gasteiger partial charge on any atom is -0.556 e. The summed E-state index contributed by atoms with van der Waals surface area (Å²) in [6.07, 6.45) is 2.96. The first-order valence-electron chi connectivity index (χ1n) is 6.10. The monoisotopic (exact) mass is 241 g/mol. The van der Waals surface area contributed by atoms with Gasteiger partial charge in [-0.3, -0.25) is 5.41 Å². The highest BCUT2D eigenvalue weighted by Gasteiger charge is 2.55. The van der Waals surface area contributed by atoms with E-state index in [1.807, 2.05) is 13.8 Å². The molecule has 0 spiro atoms. The zero-order valence-corrected chi connectivity index (χ0v) is 10.4. The Bertz CT molecular complexity index is 299. The fourth-order valence-corrected chi connectivity index (χ4v) is 2.76. The summed E-state index contributed by atoms with van der Waals surface area (Å²) in [5, 5.41) is 16.7. The SMILES string of the molecule is CC1(C)OC[C@@]2(BOC=N)C(O)CCCC2O1. The van der Waals surface area contributed by atoms with E-state index in [1.54, 1.807) is 0 Å². The number of aliphatic hydroxyl groups excluding tert-OH is 1. The summed E-state index contributed by atoms with van der Waals surface area (Å²) in [5.74, 6) is -0.601. The molecule has 1 saturated carbocycles. The second-order valence-electron chi connectivity index (χ2n) is 5.40. The van der Waals surface area contributed by atoms with E-state index in [4.69, 9.17) is 19.5 Å². The van der Waals surface area contributed by atoms with Crippen molar-refractivity contribution in [2.75, 3.05) is 6.61 Å². The molecule has 1 aliphatic heterocycles. The van der Waals surface area contributed by atoms with Crippen LogP contribution in [-0.4, -0.2) is 43.6 Å². The average Bonchev–Trinajstić information content (AvgIpc) is 2.27. The van der Waals surface area contributed by atoms with Gasteiger partial charge in [0.05, 0.1) is 24.1 Å². The molecule has 3 atom stereocenters. The van der Waals surface area contributed by atoms with Crippen molar-refractivity contribution in [3.8, 4) is 0 Å². The minimum absolute atomic E-state index is 0.0602. The number of ether oxygens (including phenoxy) is 2. The number of hydrogen-bond donors (Lipinski definition) is 2. The van der Waals surface area contributed by atoms with Gasteiger partial charge in [-0.2, -0.15) is 0 Å². The van der Waals surface area contributed by atoms with Crippen molar-refractivity contribution < 1.29 is 19.2 Å². The van der Waals surface area contributed by atoms with Crippen molar-refractivity contribution in [3.63, 3.8) is 0 Å². The van der Waals surface area contributed by atoms with Gasteiger partial charge in [-0.1, -0.05) is 0 Å². The zero-order valence-electron chi connectivity index (χ0n) is 10.4. The Hall–Kier alpha value is -0.585. The summed E-state index contributed by atoms with van der Waals surface area (Å²) < 4.78 is 16.7. The Morgan fingerprint density at radius 2 is 2.24 bits per heavy atom. The second kappa shape index (κ2) is 4.59. The maximum Gasteiger partial charge on any atom is 0.355 e. The lowest BCUT2D eigenvalue weighted by molar-refractivity contribution is -0.304. The third kappa shape index (κ3) is 2.34. The van der Waals surface area contributed by atoms with Gasteiger partial charge in [-0.15, -0.1) is 0 Å². The molecule has 2 N–H and O–H groups in total. The second-order valence-corrected chi connectivity index (χ2v) is 5.40. The van der Waals surface area contributed by atoms with Crippen molar-refractivity contribution in [3.05, 3.63) is 0 Å². The first-order valence-corrected chi connectivity index (χ1v) is 6.10. The van der Waals surface area contributed by atoms with E-state index in [0.717, 1.165) is 25.7 Å². The lowest BCUT2D eigenvalue weighted by Crippen LogP contribution is -2.58. The molecule has 17 heavy (non-hydrogen) atoms. The molecular formula is C11H20BNO4. The molecule has 2 rings (SSSR count). The van der Waals surface area contributed by atoms with Crippen LogP contribution in [0.25, 0.3) is 0 Å². The van der Waals surface area contributed by atoms with E-state index in [0.29, 0.717) is 6.61 Å². The van der Waals surface area contributed by atoms with Gasteiger partial charge in [0.2, 0.25) is 0 Å². The third-order valence-corrected chi connectivity index (χ3v) is 3.80. The quantitative estimate of drug-likeness (QED) is 0.436. The highest BCUT2D eigenvalue weighted by atomic mass is 16.7. The molecule has 5 nitrogen and oxygen atoms in total. The molecule has 0 aromatic rings. The summed E-state index contributed by atoms with van der Waals surface area (Å²) >= 11 is 0. The first-order chi connectivity index (χ1) is 8.00. The van der Waals surface area contributed by atoms with Crippen LogP contribution in [0.4, 0.5) is 0 Å². The van der Waals surface area contributed by atoms with E-state index >= 15 is 0 Å². The van der Waals surface area contributed by atoms with Gasteiger partial charge in [0.15, 0.2) is 5.79 Å². The number of fused-ring (bicyclic) bond motifs is 1. The van der Waals surface area contributed by atoms with Crippen molar-refractivity contribution in [2.24, 2.45) is 0 Å². The summed E-state index contributed by atoms with van der Waals surface area (Å²) in [7, 11) is 0.276. The van der Waals surface area contributed by atoms with Crippen molar-refractivity contribution in [1.29, 1.82) is 5.41 Å². The summed E-state index contributed by atoms with van der Waals surface area (Å²) in [6, 6.07) is 0. The molecule has 0 bridgehead atoms. The molecule has 0 aromatic carbocycles. The smallest absolute Gasteiger partial charge is 0.355 e. The molecule has 2 unspecified atom stereocenters. The Balaban J connectivity index is 2.18. The van der Waals surface area contributed by atoms with Gasteiger partial charge in [0, 0.05) is 0 Å². The topological polar surface area (TPSA) is 71.8 Å². The predicted octanol–water partition coefficient (Wildman–Crippen LogP) is 0.817. The third-order valence-electron chi connectivity index (χ3n) is 3.80. The maximum absolute atomic E-state index is 10.2. The van der Waals surface area contributed by atoms with E-state index in [2.05, 4.69) is 0 Å². The molecule has 2 aliphatic rings. The Morgan fingerprint density at radius 1 is 1.47 bits per heavy atom. The van der Waals surface area contributed by atoms with Gasteiger partial charge in [0.1, 0.15) is 6.40 Å². The normalized spacial score (nSPS) is 40.2. The molecule has 0 aromatic heterocycles. The van der Waals surface area contributed by atoms with Gasteiger partial charge in [-0.05, 0) is 33.1 Å². The Kier molecular flexibility index (Phi) is 3.47. The average molecular weight is 241 g/mol. The lowest BCUT2D eigenvalue weighted by Gasteiger charge is -2.52. The number of rotatable bonds is 3. The van der Waals surface area contributed by atoms with Crippen LogP contribution in [0.1, 0.15) is 33.1 Å². The van der Waals surface area contributed by atoms with Gasteiger partial charge < -0.3 is 19.2 Å². The number of nitrogens with one attached hydrogen (secondary N) is 1. The Morgan fingerprint density at radius 3 is 2.94 bits per heavy atom. The fourth-order valence-electron chi connectivity index (χ4n) is 2.76. The molecule has 0 radical (unpaired) electrons. The number of hydrogen-bond acceptors (Lipinski definition) is 5. The van der Waals surface area contributed by atoms with Crippen LogP contribution < -0.4 is 0 Å². The van der Waals surface area contributed by atoms with E-state index in [9.17, 15) is 5.11 Å². The van der Waals surface area contributed by atoms with Crippen LogP contribution in [-0.2, 0) is 14.1 Å². The van der Waals surface area contributed by atoms with Crippen LogP contribution >= 0.6 is 0 Å². The molecule has 96 valence electrons. The fraction of sp³-hybridized carbons (Fsp3) is 0.909. The van der Waals surface area contributed by atoms with Crippen LogP contribution in [0, 0.1) is 5.41 Å². The van der Waals surface area contributed by atoms with Crippen molar-refractivity contribution in [1.82, 2.24) is 0 Å². The summed E-state index contributed by atoms with van der Waals surface area (Å²) in [4.78, 5) is 0. The lowest BCUT2D eigenvalue weighted by atomic mass is 9.53. The highest BCUT2D eigenvalue weighted by Crippen LogP contribution is 2.49. The van der Waals surface area contributed by atoms with Crippen LogP contribution in [0.5, 0.6) is 0 Å². The van der Waals surface area contributed by atoms with Crippen LogP contribution in [0.3, 0.4) is 0 Å². The summed E-state index contributed by atoms with van der Waals surface area (Å²) in [5.41, 5.74) is 0.